The smallest absolute Gasteiger partial charge is 0.330 e. The summed E-state index contributed by atoms with van der Waals surface area (Å²) in [5, 5.41) is 0. The summed E-state index contributed by atoms with van der Waals surface area (Å²) in [7, 11) is 0.709. The number of hydrogen-bond donors (Lipinski definition) is 0. The molecule has 0 saturated carbocycles. The number of carbonyl (C=O) groups excluding carboxylic acids is 1. The van der Waals surface area contributed by atoms with Crippen LogP contribution in [0.2, 0.25) is 0 Å². The Morgan fingerprint density at radius 2 is 1.57 bits per heavy atom. The Balaban J connectivity index is 2.02. The summed E-state index contributed by atoms with van der Waals surface area (Å²) in [5.74, 6) is 0.210. The molecule has 28 heavy (non-hydrogen) atoms. The molecule has 0 N–H and O–H groups in total. The molecule has 0 atom stereocenters. The van der Waals surface area contributed by atoms with E-state index in [1.807, 2.05) is 18.2 Å². The normalized spacial score (nSPS) is 17.8. The number of methoxy groups -OCH3 is 1. The highest BCUT2D eigenvalue weighted by atomic mass is 32.2. The van der Waals surface area contributed by atoms with Gasteiger partial charge in [-0.25, -0.2) is 8.42 Å². The van der Waals surface area contributed by atoms with E-state index in [4.69, 9.17) is 9.47 Å². The van der Waals surface area contributed by atoms with E-state index in [1.165, 1.54) is 19.2 Å². The van der Waals surface area contributed by atoms with E-state index >= 15 is 0 Å². The van der Waals surface area contributed by atoms with Crippen LogP contribution >= 0.6 is 0 Å². The fourth-order valence-electron chi connectivity index (χ4n) is 3.58. The van der Waals surface area contributed by atoms with Gasteiger partial charge in [0, 0.05) is 13.1 Å². The molecule has 0 aromatic heterocycles. The first kappa shape index (κ1) is 20.3. The lowest BCUT2D eigenvalue weighted by Crippen LogP contribution is -2.65. The molecule has 3 rings (SSSR count). The summed E-state index contributed by atoms with van der Waals surface area (Å²) in [6.07, 6.45) is 0. The van der Waals surface area contributed by atoms with Crippen molar-refractivity contribution in [1.82, 2.24) is 9.80 Å². The first-order valence-electron chi connectivity index (χ1n) is 8.81. The van der Waals surface area contributed by atoms with Gasteiger partial charge in [-0.2, -0.15) is 0 Å². The Labute approximate surface area is 165 Å². The predicted octanol–water partition coefficient (Wildman–Crippen LogP) is 2.00. The molecular formula is C20H24N2O5S. The van der Waals surface area contributed by atoms with Gasteiger partial charge in [0.25, 0.3) is 0 Å². The third-order valence-corrected chi connectivity index (χ3v) is 7.03. The van der Waals surface area contributed by atoms with Gasteiger partial charge < -0.3 is 9.47 Å². The molecule has 1 aliphatic rings. The summed E-state index contributed by atoms with van der Waals surface area (Å²) in [6.45, 7) is 0.664. The molecule has 0 radical (unpaired) electrons. The maximum atomic E-state index is 13.6. The third kappa shape index (κ3) is 3.76. The topological polar surface area (TPSA) is 76.1 Å². The van der Waals surface area contributed by atoms with Crippen LogP contribution in [0.4, 0.5) is 0 Å². The molecule has 7 nitrogen and oxygen atoms in total. The van der Waals surface area contributed by atoms with Crippen molar-refractivity contribution in [3.05, 3.63) is 54.6 Å². The minimum atomic E-state index is -4.05. The highest BCUT2D eigenvalue weighted by Crippen LogP contribution is 2.34. The van der Waals surface area contributed by atoms with Gasteiger partial charge in [-0.15, -0.1) is 0 Å². The van der Waals surface area contributed by atoms with Crippen LogP contribution in [-0.4, -0.2) is 69.9 Å². The van der Waals surface area contributed by atoms with Gasteiger partial charge in [-0.05, 0) is 44.4 Å². The monoisotopic (exact) mass is 404 g/mol. The van der Waals surface area contributed by atoms with E-state index in [-0.39, 0.29) is 18.0 Å². The zero-order chi connectivity index (χ0) is 20.4. The molecule has 8 heteroatoms. The van der Waals surface area contributed by atoms with E-state index in [0.29, 0.717) is 18.2 Å². The highest BCUT2D eigenvalue weighted by molar-refractivity contribution is 7.93. The molecule has 1 saturated heterocycles. The number of sulfone groups is 1. The Bertz CT molecular complexity index is 936. The zero-order valence-corrected chi connectivity index (χ0v) is 17.0. The Hall–Kier alpha value is -2.42. The van der Waals surface area contributed by atoms with Gasteiger partial charge in [0.2, 0.25) is 0 Å². The average molecular weight is 404 g/mol. The zero-order valence-electron chi connectivity index (χ0n) is 16.2. The van der Waals surface area contributed by atoms with Crippen molar-refractivity contribution in [1.29, 1.82) is 0 Å². The van der Waals surface area contributed by atoms with Gasteiger partial charge in [-0.1, -0.05) is 24.3 Å². The second-order valence-electron chi connectivity index (χ2n) is 7.05. The van der Waals surface area contributed by atoms with E-state index < -0.39 is 20.6 Å². The van der Waals surface area contributed by atoms with E-state index in [1.54, 1.807) is 48.2 Å². The number of benzene rings is 2. The second-order valence-corrected chi connectivity index (χ2v) is 9.31. The maximum Gasteiger partial charge on any atom is 0.330 e. The molecule has 1 aliphatic heterocycles. The van der Waals surface area contributed by atoms with Crippen molar-refractivity contribution in [3.63, 3.8) is 0 Å². The molecule has 1 fully saturated rings. The van der Waals surface area contributed by atoms with Crippen LogP contribution < -0.4 is 4.74 Å². The predicted molar refractivity (Wildman–Crippen MR) is 105 cm³/mol. The van der Waals surface area contributed by atoms with Gasteiger partial charge in [0.1, 0.15) is 11.5 Å². The molecule has 2 aromatic carbocycles. The van der Waals surface area contributed by atoms with Gasteiger partial charge in [0.05, 0.1) is 18.7 Å². The molecular weight excluding hydrogens is 380 g/mol. The molecule has 0 aliphatic carbocycles. The van der Waals surface area contributed by atoms with Crippen molar-refractivity contribution >= 4 is 15.8 Å². The fraction of sp³-hybridized carbons (Fsp3) is 0.350. The van der Waals surface area contributed by atoms with Crippen molar-refractivity contribution in [2.45, 2.75) is 9.64 Å². The largest absolute Gasteiger partial charge is 0.468 e. The van der Waals surface area contributed by atoms with Crippen molar-refractivity contribution in [2.75, 3.05) is 41.0 Å². The standard InChI is InChI=1S/C20H24N2O5S/c1-21-13-20(19(23)26-3,14-22(2)15-21)28(24,25)18-11-7-10-17(12-18)27-16-8-5-4-6-9-16/h4-12H,13-15H2,1-3H3. The number of carbonyl (C=O) groups is 1. The minimum absolute atomic E-state index is 0.0232. The van der Waals surface area contributed by atoms with Gasteiger partial charge in [0.15, 0.2) is 14.6 Å². The second kappa shape index (κ2) is 7.90. The molecule has 1 heterocycles. The van der Waals surface area contributed by atoms with E-state index in [2.05, 4.69) is 0 Å². The van der Waals surface area contributed by atoms with E-state index in [9.17, 15) is 13.2 Å². The molecule has 150 valence electrons. The summed E-state index contributed by atoms with van der Waals surface area (Å²) < 4.78 is 36.2. The summed E-state index contributed by atoms with van der Waals surface area (Å²) in [4.78, 5) is 16.3. The van der Waals surface area contributed by atoms with E-state index in [0.717, 1.165) is 0 Å². The number of ether oxygens (including phenoxy) is 2. The highest BCUT2D eigenvalue weighted by Gasteiger charge is 2.55. The van der Waals surface area contributed by atoms with Crippen LogP contribution in [0, 0.1) is 0 Å². The summed E-state index contributed by atoms with van der Waals surface area (Å²) >= 11 is 0. The lowest BCUT2D eigenvalue weighted by Gasteiger charge is -2.42. The number of hydrogen-bond acceptors (Lipinski definition) is 7. The van der Waals surface area contributed by atoms with Crippen LogP contribution in [0.1, 0.15) is 0 Å². The van der Waals surface area contributed by atoms with Crippen LogP contribution in [0.3, 0.4) is 0 Å². The number of rotatable bonds is 5. The van der Waals surface area contributed by atoms with Crippen molar-refractivity contribution in [3.8, 4) is 11.5 Å². The minimum Gasteiger partial charge on any atom is -0.468 e. The molecule has 0 amide bonds. The Morgan fingerprint density at radius 3 is 2.18 bits per heavy atom. The SMILES string of the molecule is COC(=O)C1(S(=O)(=O)c2cccc(Oc3ccccc3)c2)CN(C)CN(C)C1. The summed E-state index contributed by atoms with van der Waals surface area (Å²) in [6, 6.07) is 15.3. The van der Waals surface area contributed by atoms with Crippen molar-refractivity contribution < 1.29 is 22.7 Å². The van der Waals surface area contributed by atoms with Gasteiger partial charge in [-0.3, -0.25) is 14.6 Å². The molecule has 0 unspecified atom stereocenters. The number of para-hydroxylation sites is 1. The molecule has 0 spiro atoms. The number of esters is 1. The first-order valence-corrected chi connectivity index (χ1v) is 10.3. The average Bonchev–Trinajstić information content (AvgIpc) is 2.67. The number of nitrogens with zero attached hydrogens (tertiary/aromatic N) is 2. The Kier molecular flexibility index (Phi) is 5.74. The van der Waals surface area contributed by atoms with Crippen LogP contribution in [0.5, 0.6) is 11.5 Å². The van der Waals surface area contributed by atoms with Crippen LogP contribution in [0.25, 0.3) is 0 Å². The lowest BCUT2D eigenvalue weighted by molar-refractivity contribution is -0.146. The molecule has 2 aromatic rings. The van der Waals surface area contributed by atoms with Crippen LogP contribution in [-0.2, 0) is 19.4 Å². The van der Waals surface area contributed by atoms with Crippen molar-refractivity contribution in [2.24, 2.45) is 0 Å². The maximum absolute atomic E-state index is 13.6. The van der Waals surface area contributed by atoms with Gasteiger partial charge >= 0.3 is 5.97 Å². The lowest BCUT2D eigenvalue weighted by atomic mass is 10.1. The summed E-state index contributed by atoms with van der Waals surface area (Å²) in [5.41, 5.74) is 0. The quantitative estimate of drug-likeness (QED) is 0.706. The fourth-order valence-corrected chi connectivity index (χ4v) is 5.65. The third-order valence-electron chi connectivity index (χ3n) is 4.70. The molecule has 0 bridgehead atoms. The Morgan fingerprint density at radius 1 is 0.964 bits per heavy atom. The first-order chi connectivity index (χ1) is 13.3. The van der Waals surface area contributed by atoms with Crippen LogP contribution in [0.15, 0.2) is 59.5 Å².